The van der Waals surface area contributed by atoms with Crippen molar-refractivity contribution in [3.63, 3.8) is 0 Å². The SMILES string of the molecule is CSCCCNc1ncncc1I. The molecule has 0 saturated heterocycles. The first-order valence-electron chi connectivity index (χ1n) is 4.03. The molecule has 0 fully saturated rings. The summed E-state index contributed by atoms with van der Waals surface area (Å²) in [7, 11) is 0. The van der Waals surface area contributed by atoms with Gasteiger partial charge in [0.2, 0.25) is 0 Å². The fourth-order valence-electron chi connectivity index (χ4n) is 0.866. The largest absolute Gasteiger partial charge is 0.369 e. The molecule has 1 N–H and O–H groups in total. The summed E-state index contributed by atoms with van der Waals surface area (Å²) in [6.45, 7) is 0.980. The third-order valence-corrected chi connectivity index (χ3v) is 2.97. The van der Waals surface area contributed by atoms with Gasteiger partial charge < -0.3 is 5.32 Å². The number of halogens is 1. The second-order valence-corrected chi connectivity index (χ2v) is 4.64. The molecular formula is C8H12IN3S. The van der Waals surface area contributed by atoms with Crippen molar-refractivity contribution in [1.29, 1.82) is 0 Å². The van der Waals surface area contributed by atoms with E-state index in [9.17, 15) is 0 Å². The third-order valence-electron chi connectivity index (χ3n) is 1.49. The molecule has 0 amide bonds. The van der Waals surface area contributed by atoms with Gasteiger partial charge in [0.15, 0.2) is 0 Å². The first kappa shape index (κ1) is 11.0. The topological polar surface area (TPSA) is 37.8 Å². The van der Waals surface area contributed by atoms with Crippen LogP contribution in [0, 0.1) is 3.57 Å². The normalized spacial score (nSPS) is 10.0. The van der Waals surface area contributed by atoms with E-state index in [1.165, 1.54) is 12.2 Å². The van der Waals surface area contributed by atoms with Crippen LogP contribution in [0.15, 0.2) is 12.5 Å². The molecule has 3 nitrogen and oxygen atoms in total. The average molecular weight is 309 g/mol. The van der Waals surface area contributed by atoms with Crippen molar-refractivity contribution in [3.05, 3.63) is 16.1 Å². The molecule has 1 aromatic heterocycles. The number of hydrogen-bond donors (Lipinski definition) is 1. The summed E-state index contributed by atoms with van der Waals surface area (Å²) in [5.74, 6) is 2.13. The smallest absolute Gasteiger partial charge is 0.142 e. The summed E-state index contributed by atoms with van der Waals surface area (Å²) in [6.07, 6.45) is 6.67. The molecule has 1 heterocycles. The van der Waals surface area contributed by atoms with Gasteiger partial charge in [-0.1, -0.05) is 0 Å². The van der Waals surface area contributed by atoms with Crippen LogP contribution >= 0.6 is 34.4 Å². The molecule has 0 bridgehead atoms. The van der Waals surface area contributed by atoms with Gasteiger partial charge in [-0.15, -0.1) is 0 Å². The van der Waals surface area contributed by atoms with Crippen LogP contribution in [0.5, 0.6) is 0 Å². The maximum absolute atomic E-state index is 4.14. The Morgan fingerprint density at radius 3 is 3.15 bits per heavy atom. The summed E-state index contributed by atoms with van der Waals surface area (Å²) in [5.41, 5.74) is 0. The van der Waals surface area contributed by atoms with Crippen LogP contribution in [0.1, 0.15) is 6.42 Å². The van der Waals surface area contributed by atoms with Gasteiger partial charge in [-0.2, -0.15) is 11.8 Å². The molecule has 0 aromatic carbocycles. The predicted molar refractivity (Wildman–Crippen MR) is 66.2 cm³/mol. The fourth-order valence-corrected chi connectivity index (χ4v) is 1.79. The van der Waals surface area contributed by atoms with Gasteiger partial charge in [-0.25, -0.2) is 9.97 Å². The molecular weight excluding hydrogens is 297 g/mol. The molecule has 0 radical (unpaired) electrons. The van der Waals surface area contributed by atoms with E-state index in [0.717, 1.165) is 15.9 Å². The maximum atomic E-state index is 4.14. The van der Waals surface area contributed by atoms with E-state index in [1.54, 1.807) is 6.33 Å². The number of rotatable bonds is 5. The highest BCUT2D eigenvalue weighted by Crippen LogP contribution is 2.12. The van der Waals surface area contributed by atoms with E-state index in [1.807, 2.05) is 18.0 Å². The molecule has 0 atom stereocenters. The minimum absolute atomic E-state index is 0.941. The van der Waals surface area contributed by atoms with Crippen molar-refractivity contribution in [1.82, 2.24) is 9.97 Å². The van der Waals surface area contributed by atoms with Crippen molar-refractivity contribution in [2.45, 2.75) is 6.42 Å². The molecule has 5 heteroatoms. The molecule has 1 aromatic rings. The van der Waals surface area contributed by atoms with Gasteiger partial charge in [-0.3, -0.25) is 0 Å². The van der Waals surface area contributed by atoms with E-state index < -0.39 is 0 Å². The minimum Gasteiger partial charge on any atom is -0.369 e. The zero-order valence-electron chi connectivity index (χ0n) is 7.46. The number of nitrogens with one attached hydrogen (secondary N) is 1. The van der Waals surface area contributed by atoms with E-state index in [4.69, 9.17) is 0 Å². The molecule has 0 spiro atoms. The Bertz CT molecular complexity index is 257. The second-order valence-electron chi connectivity index (χ2n) is 2.49. The van der Waals surface area contributed by atoms with Crippen LogP contribution in [0.3, 0.4) is 0 Å². The van der Waals surface area contributed by atoms with Gasteiger partial charge in [0.1, 0.15) is 12.1 Å². The summed E-state index contributed by atoms with van der Waals surface area (Å²) >= 11 is 4.10. The molecule has 0 aliphatic heterocycles. The Kier molecular flexibility index (Phi) is 5.45. The van der Waals surface area contributed by atoms with Crippen LogP contribution in [-0.2, 0) is 0 Å². The van der Waals surface area contributed by atoms with Crippen molar-refractivity contribution in [2.24, 2.45) is 0 Å². The van der Waals surface area contributed by atoms with Gasteiger partial charge in [0, 0.05) is 12.7 Å². The molecule has 13 heavy (non-hydrogen) atoms. The molecule has 0 aliphatic rings. The van der Waals surface area contributed by atoms with Crippen LogP contribution in [0.4, 0.5) is 5.82 Å². The lowest BCUT2D eigenvalue weighted by Gasteiger charge is -2.05. The number of anilines is 1. The summed E-state index contributed by atoms with van der Waals surface area (Å²) in [4.78, 5) is 8.07. The van der Waals surface area contributed by atoms with E-state index in [-0.39, 0.29) is 0 Å². The number of aromatic nitrogens is 2. The highest BCUT2D eigenvalue weighted by atomic mass is 127. The van der Waals surface area contributed by atoms with E-state index in [0.29, 0.717) is 0 Å². The average Bonchev–Trinajstić information content (AvgIpc) is 2.15. The summed E-state index contributed by atoms with van der Waals surface area (Å²) < 4.78 is 1.07. The van der Waals surface area contributed by atoms with Crippen LogP contribution in [-0.4, -0.2) is 28.5 Å². The fraction of sp³-hybridized carbons (Fsp3) is 0.500. The van der Waals surface area contributed by atoms with Crippen molar-refractivity contribution < 1.29 is 0 Å². The quantitative estimate of drug-likeness (QED) is 0.669. The summed E-state index contributed by atoms with van der Waals surface area (Å²) in [5, 5.41) is 3.28. The van der Waals surface area contributed by atoms with Crippen molar-refractivity contribution in [3.8, 4) is 0 Å². The van der Waals surface area contributed by atoms with E-state index >= 15 is 0 Å². The highest BCUT2D eigenvalue weighted by molar-refractivity contribution is 14.1. The maximum Gasteiger partial charge on any atom is 0.142 e. The zero-order valence-corrected chi connectivity index (χ0v) is 10.4. The Morgan fingerprint density at radius 1 is 1.62 bits per heavy atom. The van der Waals surface area contributed by atoms with Crippen LogP contribution in [0.25, 0.3) is 0 Å². The molecule has 0 aliphatic carbocycles. The van der Waals surface area contributed by atoms with Gasteiger partial charge in [-0.05, 0) is 41.0 Å². The third kappa shape index (κ3) is 4.12. The standard InChI is InChI=1S/C8H12IN3S/c1-13-4-2-3-11-8-7(9)5-10-6-12-8/h5-6H,2-4H2,1H3,(H,10,11,12). The van der Waals surface area contributed by atoms with Crippen molar-refractivity contribution in [2.75, 3.05) is 23.9 Å². The van der Waals surface area contributed by atoms with E-state index in [2.05, 4.69) is 44.1 Å². The molecule has 1 rings (SSSR count). The Morgan fingerprint density at radius 2 is 2.46 bits per heavy atom. The lowest BCUT2D eigenvalue weighted by atomic mass is 10.4. The zero-order chi connectivity index (χ0) is 9.52. The number of nitrogens with zero attached hydrogens (tertiary/aromatic N) is 2. The lowest BCUT2D eigenvalue weighted by Crippen LogP contribution is -2.05. The molecule has 72 valence electrons. The minimum atomic E-state index is 0.941. The van der Waals surface area contributed by atoms with Gasteiger partial charge in [0.05, 0.1) is 3.57 Å². The second kappa shape index (κ2) is 6.42. The highest BCUT2D eigenvalue weighted by Gasteiger charge is 1.97. The van der Waals surface area contributed by atoms with Gasteiger partial charge >= 0.3 is 0 Å². The predicted octanol–water partition coefficient (Wildman–Crippen LogP) is 2.25. The first-order valence-corrected chi connectivity index (χ1v) is 6.50. The monoisotopic (exact) mass is 309 g/mol. The Labute approximate surface area is 96.3 Å². The first-order chi connectivity index (χ1) is 6.34. The van der Waals surface area contributed by atoms with Crippen LogP contribution in [0.2, 0.25) is 0 Å². The Balaban J connectivity index is 2.32. The summed E-state index contributed by atoms with van der Waals surface area (Å²) in [6, 6.07) is 0. The number of thioether (sulfide) groups is 1. The Hall–Kier alpha value is -0.0400. The number of hydrogen-bond acceptors (Lipinski definition) is 4. The van der Waals surface area contributed by atoms with Gasteiger partial charge in [0.25, 0.3) is 0 Å². The van der Waals surface area contributed by atoms with Crippen LogP contribution < -0.4 is 5.32 Å². The van der Waals surface area contributed by atoms with Crippen molar-refractivity contribution >= 4 is 40.2 Å². The molecule has 0 unspecified atom stereocenters. The lowest BCUT2D eigenvalue weighted by molar-refractivity contribution is 0.973. The molecule has 0 saturated carbocycles.